The number of rotatable bonds is 4. The molecule has 1 aromatic heterocycles. The highest BCUT2D eigenvalue weighted by Gasteiger charge is 2.29. The van der Waals surface area contributed by atoms with E-state index >= 15 is 0 Å². The summed E-state index contributed by atoms with van der Waals surface area (Å²) in [6, 6.07) is 8.88. The number of hydrogen-bond acceptors (Lipinski definition) is 6. The molecular weight excluding hydrogens is 378 g/mol. The Labute approximate surface area is 167 Å². The standard InChI is InChI=1S/C20H20ClN5O2/c21-15-6-4-13(5-7-15)18-10-14(20(28)24-17-2-1-3-19(17)27)12-26(25-18)16-8-9-22-23-11-16/h4-11,17,19,27H,1-3,12H2,(H,24,28)/t17-,19-/m0/s1. The molecule has 2 atom stereocenters. The molecule has 1 fully saturated rings. The van der Waals surface area contributed by atoms with Crippen molar-refractivity contribution >= 4 is 28.9 Å². The van der Waals surface area contributed by atoms with Gasteiger partial charge in [-0.1, -0.05) is 23.7 Å². The largest absolute Gasteiger partial charge is 0.391 e. The number of hydrazone groups is 1. The third-order valence-electron chi connectivity index (χ3n) is 4.95. The Kier molecular flexibility index (Phi) is 5.36. The first-order chi connectivity index (χ1) is 13.6. The molecule has 2 aromatic rings. The molecule has 0 radical (unpaired) electrons. The van der Waals surface area contributed by atoms with Crippen molar-refractivity contribution in [2.45, 2.75) is 31.4 Å². The number of hydrogen-bond donors (Lipinski definition) is 2. The maximum atomic E-state index is 12.9. The van der Waals surface area contributed by atoms with E-state index in [0.29, 0.717) is 22.9 Å². The Balaban J connectivity index is 1.64. The molecule has 4 rings (SSSR count). The molecule has 0 saturated heterocycles. The summed E-state index contributed by atoms with van der Waals surface area (Å²) in [4.78, 5) is 12.9. The summed E-state index contributed by atoms with van der Waals surface area (Å²) >= 11 is 5.99. The molecule has 144 valence electrons. The molecule has 1 aromatic carbocycles. The fourth-order valence-electron chi connectivity index (χ4n) is 3.42. The zero-order valence-electron chi connectivity index (χ0n) is 15.1. The number of nitrogens with zero attached hydrogens (tertiary/aromatic N) is 4. The SMILES string of the molecule is O=C(N[C@H]1CCC[C@@H]1O)C1=CC(c2ccc(Cl)cc2)=NN(c2ccnnc2)C1. The lowest BCUT2D eigenvalue weighted by Crippen LogP contribution is -2.43. The van der Waals surface area contributed by atoms with E-state index in [4.69, 9.17) is 11.6 Å². The lowest BCUT2D eigenvalue weighted by atomic mass is 10.0. The summed E-state index contributed by atoms with van der Waals surface area (Å²) in [6.07, 6.45) is 6.90. The van der Waals surface area contributed by atoms with Gasteiger partial charge in [-0.3, -0.25) is 9.80 Å². The van der Waals surface area contributed by atoms with E-state index < -0.39 is 6.10 Å². The Bertz CT molecular complexity index is 914. The second kappa shape index (κ2) is 8.08. The fraction of sp³-hybridized carbons (Fsp3) is 0.300. The van der Waals surface area contributed by atoms with Crippen molar-refractivity contribution in [1.29, 1.82) is 0 Å². The Morgan fingerprint density at radius 2 is 2.00 bits per heavy atom. The molecule has 1 aliphatic heterocycles. The van der Waals surface area contributed by atoms with Crippen molar-refractivity contribution in [3.8, 4) is 0 Å². The first-order valence-electron chi connectivity index (χ1n) is 9.18. The second-order valence-corrected chi connectivity index (χ2v) is 7.33. The van der Waals surface area contributed by atoms with Gasteiger partial charge in [-0.05, 0) is 43.5 Å². The molecule has 2 aliphatic rings. The van der Waals surface area contributed by atoms with Crippen LogP contribution in [0.3, 0.4) is 0 Å². The molecule has 0 bridgehead atoms. The minimum absolute atomic E-state index is 0.195. The van der Waals surface area contributed by atoms with Gasteiger partial charge in [0.05, 0.1) is 42.5 Å². The normalized spacial score (nSPS) is 21.9. The third kappa shape index (κ3) is 4.05. The zero-order chi connectivity index (χ0) is 19.5. The number of aliphatic hydroxyl groups is 1. The van der Waals surface area contributed by atoms with Gasteiger partial charge in [-0.15, -0.1) is 0 Å². The summed E-state index contributed by atoms with van der Waals surface area (Å²) in [7, 11) is 0. The highest BCUT2D eigenvalue weighted by atomic mass is 35.5. The molecule has 7 nitrogen and oxygen atoms in total. The average Bonchev–Trinajstić information content (AvgIpc) is 3.13. The fourth-order valence-corrected chi connectivity index (χ4v) is 3.55. The van der Waals surface area contributed by atoms with Crippen molar-refractivity contribution in [3.05, 3.63) is 65.0 Å². The number of amides is 1. The smallest absolute Gasteiger partial charge is 0.249 e. The number of carbonyl (C=O) groups excluding carboxylic acids is 1. The molecule has 8 heteroatoms. The quantitative estimate of drug-likeness (QED) is 0.826. The summed E-state index contributed by atoms with van der Waals surface area (Å²) in [5.74, 6) is -0.195. The highest BCUT2D eigenvalue weighted by Crippen LogP contribution is 2.23. The molecule has 0 unspecified atom stereocenters. The highest BCUT2D eigenvalue weighted by molar-refractivity contribution is 6.30. The van der Waals surface area contributed by atoms with Gasteiger partial charge in [0.2, 0.25) is 5.91 Å². The number of aliphatic hydroxyl groups excluding tert-OH is 1. The lowest BCUT2D eigenvalue weighted by molar-refractivity contribution is -0.118. The summed E-state index contributed by atoms with van der Waals surface area (Å²) < 4.78 is 0. The minimum Gasteiger partial charge on any atom is -0.391 e. The van der Waals surface area contributed by atoms with Gasteiger partial charge < -0.3 is 10.4 Å². The molecular formula is C20H20ClN5O2. The van der Waals surface area contributed by atoms with Crippen LogP contribution < -0.4 is 10.3 Å². The predicted octanol–water partition coefficient (Wildman–Crippen LogP) is 2.31. The van der Waals surface area contributed by atoms with Crippen molar-refractivity contribution in [1.82, 2.24) is 15.5 Å². The zero-order valence-corrected chi connectivity index (χ0v) is 15.9. The molecule has 0 spiro atoms. The number of allylic oxidation sites excluding steroid dienone is 1. The van der Waals surface area contributed by atoms with Gasteiger partial charge >= 0.3 is 0 Å². The first-order valence-corrected chi connectivity index (χ1v) is 9.56. The van der Waals surface area contributed by atoms with E-state index in [0.717, 1.165) is 30.5 Å². The summed E-state index contributed by atoms with van der Waals surface area (Å²) in [5, 5.41) is 27.7. The molecule has 1 aliphatic carbocycles. The van der Waals surface area contributed by atoms with E-state index in [1.807, 2.05) is 12.1 Å². The van der Waals surface area contributed by atoms with Crippen LogP contribution in [-0.2, 0) is 4.79 Å². The van der Waals surface area contributed by atoms with Gasteiger partial charge in [0, 0.05) is 16.2 Å². The van der Waals surface area contributed by atoms with Crippen molar-refractivity contribution < 1.29 is 9.90 Å². The molecule has 2 heterocycles. The number of anilines is 1. The van der Waals surface area contributed by atoms with Crippen LogP contribution in [0.15, 0.2) is 59.5 Å². The minimum atomic E-state index is -0.488. The van der Waals surface area contributed by atoms with Gasteiger partial charge in [-0.25, -0.2) is 0 Å². The van der Waals surface area contributed by atoms with Crippen LogP contribution in [0.5, 0.6) is 0 Å². The monoisotopic (exact) mass is 397 g/mol. The van der Waals surface area contributed by atoms with Gasteiger partial charge in [0.25, 0.3) is 0 Å². The van der Waals surface area contributed by atoms with Crippen LogP contribution in [0.25, 0.3) is 0 Å². The number of halogens is 1. The first kappa shape index (κ1) is 18.6. The van der Waals surface area contributed by atoms with E-state index in [-0.39, 0.29) is 11.9 Å². The van der Waals surface area contributed by atoms with Crippen molar-refractivity contribution in [2.24, 2.45) is 5.10 Å². The Hall–Kier alpha value is -2.77. The average molecular weight is 398 g/mol. The van der Waals surface area contributed by atoms with Crippen LogP contribution in [0.1, 0.15) is 24.8 Å². The van der Waals surface area contributed by atoms with Gasteiger partial charge in [0.15, 0.2) is 0 Å². The topological polar surface area (TPSA) is 90.7 Å². The number of benzene rings is 1. The predicted molar refractivity (Wildman–Crippen MR) is 107 cm³/mol. The van der Waals surface area contributed by atoms with Crippen LogP contribution in [-0.4, -0.2) is 45.6 Å². The van der Waals surface area contributed by atoms with Crippen LogP contribution in [0, 0.1) is 0 Å². The van der Waals surface area contributed by atoms with Crippen LogP contribution in [0.2, 0.25) is 5.02 Å². The van der Waals surface area contributed by atoms with Crippen LogP contribution in [0.4, 0.5) is 5.69 Å². The Morgan fingerprint density at radius 3 is 2.68 bits per heavy atom. The summed E-state index contributed by atoms with van der Waals surface area (Å²) in [5.41, 5.74) is 2.80. The van der Waals surface area contributed by atoms with Crippen molar-refractivity contribution in [3.63, 3.8) is 0 Å². The number of aromatic nitrogens is 2. The third-order valence-corrected chi connectivity index (χ3v) is 5.21. The number of nitrogens with one attached hydrogen (secondary N) is 1. The second-order valence-electron chi connectivity index (χ2n) is 6.90. The Morgan fingerprint density at radius 1 is 1.18 bits per heavy atom. The molecule has 2 N–H and O–H groups in total. The van der Waals surface area contributed by atoms with Gasteiger partial charge in [0.1, 0.15) is 0 Å². The molecule has 1 saturated carbocycles. The van der Waals surface area contributed by atoms with E-state index in [2.05, 4.69) is 20.6 Å². The van der Waals surface area contributed by atoms with Gasteiger partial charge in [-0.2, -0.15) is 15.3 Å². The molecule has 28 heavy (non-hydrogen) atoms. The lowest BCUT2D eigenvalue weighted by Gasteiger charge is -2.26. The number of carbonyl (C=O) groups is 1. The van der Waals surface area contributed by atoms with E-state index in [1.165, 1.54) is 0 Å². The maximum Gasteiger partial charge on any atom is 0.249 e. The maximum absolute atomic E-state index is 12.9. The van der Waals surface area contributed by atoms with Crippen LogP contribution >= 0.6 is 11.6 Å². The van der Waals surface area contributed by atoms with E-state index in [1.54, 1.807) is 41.7 Å². The van der Waals surface area contributed by atoms with E-state index in [9.17, 15) is 9.90 Å². The van der Waals surface area contributed by atoms with Crippen molar-refractivity contribution in [2.75, 3.05) is 11.6 Å². The molecule has 1 amide bonds. The summed E-state index contributed by atoms with van der Waals surface area (Å²) in [6.45, 7) is 0.303.